The van der Waals surface area contributed by atoms with Crippen LogP contribution in [-0.4, -0.2) is 0 Å². The summed E-state index contributed by atoms with van der Waals surface area (Å²) in [6, 6.07) is 0. The molecule has 1 spiro atoms. The topological polar surface area (TPSA) is 0 Å². The SMILES string of the molecule is CC1CC(C)C1.CC1CC1C.CC1CC2(C1)CC(C)C2.CC1CCC(C)C1. The van der Waals surface area contributed by atoms with E-state index in [1.807, 2.05) is 0 Å². The zero-order valence-corrected chi connectivity index (χ0v) is 20.2. The van der Waals surface area contributed by atoms with Crippen molar-refractivity contribution in [2.24, 2.45) is 52.8 Å². The first-order valence-corrected chi connectivity index (χ1v) is 12.6. The van der Waals surface area contributed by atoms with Crippen molar-refractivity contribution in [3.05, 3.63) is 0 Å². The fraction of sp³-hybridized carbons (Fsp3) is 1.00. The summed E-state index contributed by atoms with van der Waals surface area (Å²) in [5, 5.41) is 0. The van der Waals surface area contributed by atoms with Crippen molar-refractivity contribution in [3.8, 4) is 0 Å². The largest absolute Gasteiger partial charge is 0.0625 e. The molecule has 0 amide bonds. The third-order valence-electron chi connectivity index (χ3n) is 8.20. The smallest absolute Gasteiger partial charge is 0.0287 e. The molecule has 27 heavy (non-hydrogen) atoms. The van der Waals surface area contributed by atoms with Crippen LogP contribution in [0.4, 0.5) is 0 Å². The zero-order valence-electron chi connectivity index (χ0n) is 20.2. The molecule has 0 aliphatic heterocycles. The fourth-order valence-corrected chi connectivity index (χ4v) is 6.47. The lowest BCUT2D eigenvalue weighted by Gasteiger charge is -2.56. The van der Waals surface area contributed by atoms with E-state index in [0.29, 0.717) is 0 Å². The second-order valence-electron chi connectivity index (χ2n) is 12.4. The second-order valence-corrected chi connectivity index (χ2v) is 12.4. The van der Waals surface area contributed by atoms with Gasteiger partial charge in [-0.05, 0) is 104 Å². The van der Waals surface area contributed by atoms with Gasteiger partial charge >= 0.3 is 0 Å². The predicted molar refractivity (Wildman–Crippen MR) is 122 cm³/mol. The molecule has 160 valence electrons. The van der Waals surface area contributed by atoms with E-state index in [4.69, 9.17) is 0 Å². The van der Waals surface area contributed by atoms with Gasteiger partial charge in [-0.15, -0.1) is 0 Å². The molecule has 4 atom stereocenters. The summed E-state index contributed by atoms with van der Waals surface area (Å²) in [6.07, 6.45) is 15.0. The van der Waals surface area contributed by atoms with Gasteiger partial charge in [-0.3, -0.25) is 0 Å². The van der Waals surface area contributed by atoms with Gasteiger partial charge in [-0.1, -0.05) is 68.2 Å². The Morgan fingerprint density at radius 1 is 0.407 bits per heavy atom. The first-order chi connectivity index (χ1) is 12.6. The highest BCUT2D eigenvalue weighted by molar-refractivity contribution is 5.00. The van der Waals surface area contributed by atoms with E-state index >= 15 is 0 Å². The van der Waals surface area contributed by atoms with Crippen LogP contribution in [0.3, 0.4) is 0 Å². The van der Waals surface area contributed by atoms with Crippen molar-refractivity contribution in [1.29, 1.82) is 0 Å². The molecule has 0 aromatic heterocycles. The standard InChI is InChI=1S/C9H16.C7H14.C6H12.C5H10/c1-7-3-9(4-7)5-8(2)6-9;1-6-3-4-7(2)5-6;1-5-3-6(2)4-5;1-4-3-5(4)2/h7-8H,3-6H2,1-2H3;6-7H,3-5H2,1-2H3;5-6H,3-4H2,1-2H3;4-5H,3H2,1-2H3. The van der Waals surface area contributed by atoms with Crippen LogP contribution >= 0.6 is 0 Å². The van der Waals surface area contributed by atoms with Crippen LogP contribution in [0.15, 0.2) is 0 Å². The minimum atomic E-state index is 0.888. The van der Waals surface area contributed by atoms with E-state index in [0.717, 1.165) is 52.8 Å². The molecule has 5 fully saturated rings. The molecule has 0 nitrogen and oxygen atoms in total. The van der Waals surface area contributed by atoms with Crippen LogP contribution in [0, 0.1) is 52.8 Å². The third kappa shape index (κ3) is 8.10. The molecule has 4 unspecified atom stereocenters. The van der Waals surface area contributed by atoms with E-state index in [1.165, 1.54) is 64.2 Å². The van der Waals surface area contributed by atoms with E-state index in [9.17, 15) is 0 Å². The maximum Gasteiger partial charge on any atom is -0.0287 e. The third-order valence-corrected chi connectivity index (χ3v) is 8.20. The highest BCUT2D eigenvalue weighted by Crippen LogP contribution is 2.60. The minimum absolute atomic E-state index is 0.888. The Morgan fingerprint density at radius 2 is 0.704 bits per heavy atom. The molecule has 5 rings (SSSR count). The first-order valence-electron chi connectivity index (χ1n) is 12.6. The van der Waals surface area contributed by atoms with Crippen LogP contribution in [0.5, 0.6) is 0 Å². The van der Waals surface area contributed by atoms with Crippen molar-refractivity contribution in [3.63, 3.8) is 0 Å². The molecule has 0 heterocycles. The van der Waals surface area contributed by atoms with E-state index in [2.05, 4.69) is 55.4 Å². The monoisotopic (exact) mass is 376 g/mol. The highest BCUT2D eigenvalue weighted by atomic mass is 14.5. The number of hydrogen-bond donors (Lipinski definition) is 0. The van der Waals surface area contributed by atoms with Crippen LogP contribution in [0.2, 0.25) is 0 Å². The van der Waals surface area contributed by atoms with Gasteiger partial charge in [0.25, 0.3) is 0 Å². The first kappa shape index (κ1) is 23.3. The maximum absolute atomic E-state index is 2.38. The zero-order chi connectivity index (χ0) is 20.2. The molecule has 0 heteroatoms. The van der Waals surface area contributed by atoms with Crippen LogP contribution in [0.25, 0.3) is 0 Å². The lowest BCUT2D eigenvalue weighted by Crippen LogP contribution is -2.45. The minimum Gasteiger partial charge on any atom is -0.0625 e. The average Bonchev–Trinajstić information content (AvgIpc) is 2.98. The van der Waals surface area contributed by atoms with Gasteiger partial charge in [0.15, 0.2) is 0 Å². The molecule has 0 aromatic carbocycles. The van der Waals surface area contributed by atoms with Gasteiger partial charge in [0, 0.05) is 0 Å². The molecule has 0 saturated heterocycles. The molecule has 5 aliphatic rings. The number of rotatable bonds is 0. The molecule has 0 radical (unpaired) electrons. The highest BCUT2D eigenvalue weighted by Gasteiger charge is 2.49. The lowest BCUT2D eigenvalue weighted by atomic mass is 9.49. The van der Waals surface area contributed by atoms with Gasteiger partial charge in [-0.2, -0.15) is 0 Å². The summed E-state index contributed by atoms with van der Waals surface area (Å²) in [6.45, 7) is 18.7. The molecular weight excluding hydrogens is 324 g/mol. The van der Waals surface area contributed by atoms with Crippen molar-refractivity contribution >= 4 is 0 Å². The van der Waals surface area contributed by atoms with E-state index in [1.54, 1.807) is 0 Å². The Balaban J connectivity index is 0.000000132. The van der Waals surface area contributed by atoms with Crippen LogP contribution in [0.1, 0.15) is 120 Å². The van der Waals surface area contributed by atoms with Gasteiger partial charge in [0.1, 0.15) is 0 Å². The van der Waals surface area contributed by atoms with Crippen molar-refractivity contribution in [1.82, 2.24) is 0 Å². The van der Waals surface area contributed by atoms with E-state index in [-0.39, 0.29) is 0 Å². The van der Waals surface area contributed by atoms with Gasteiger partial charge in [0.2, 0.25) is 0 Å². The summed E-state index contributed by atoms with van der Waals surface area (Å²) < 4.78 is 0. The van der Waals surface area contributed by atoms with Crippen LogP contribution in [-0.2, 0) is 0 Å². The Labute approximate surface area is 172 Å². The normalized spacial score (nSPS) is 48.9. The second kappa shape index (κ2) is 10.2. The predicted octanol–water partition coefficient (Wildman–Crippen LogP) is 8.99. The van der Waals surface area contributed by atoms with E-state index < -0.39 is 0 Å². The molecule has 0 N–H and O–H groups in total. The van der Waals surface area contributed by atoms with Gasteiger partial charge in [-0.25, -0.2) is 0 Å². The van der Waals surface area contributed by atoms with Crippen molar-refractivity contribution in [2.45, 2.75) is 120 Å². The Kier molecular flexibility index (Phi) is 8.76. The average molecular weight is 377 g/mol. The summed E-state index contributed by atoms with van der Waals surface area (Å²) in [7, 11) is 0. The Hall–Kier alpha value is 0. The quantitative estimate of drug-likeness (QED) is 0.395. The Bertz CT molecular complexity index is 366. The number of hydrogen-bond acceptors (Lipinski definition) is 0. The summed E-state index contributed by atoms with van der Waals surface area (Å²) in [5.41, 5.74) is 0.888. The molecular formula is C27H52. The molecule has 0 bridgehead atoms. The molecule has 5 saturated carbocycles. The van der Waals surface area contributed by atoms with Crippen molar-refractivity contribution < 1.29 is 0 Å². The maximum atomic E-state index is 2.38. The molecule has 0 aromatic rings. The van der Waals surface area contributed by atoms with Crippen LogP contribution < -0.4 is 0 Å². The lowest BCUT2D eigenvalue weighted by molar-refractivity contribution is -0.0549. The molecule has 5 aliphatic carbocycles. The summed E-state index contributed by atoms with van der Waals surface area (Å²) in [4.78, 5) is 0. The van der Waals surface area contributed by atoms with Gasteiger partial charge in [0.05, 0.1) is 0 Å². The van der Waals surface area contributed by atoms with Crippen molar-refractivity contribution in [2.75, 3.05) is 0 Å². The van der Waals surface area contributed by atoms with Gasteiger partial charge < -0.3 is 0 Å². The Morgan fingerprint density at radius 3 is 0.815 bits per heavy atom. The fourth-order valence-electron chi connectivity index (χ4n) is 6.47. The summed E-state index contributed by atoms with van der Waals surface area (Å²) in [5.74, 6) is 8.34. The summed E-state index contributed by atoms with van der Waals surface area (Å²) >= 11 is 0.